The summed E-state index contributed by atoms with van der Waals surface area (Å²) >= 11 is 7.77. The van der Waals surface area contributed by atoms with Crippen molar-refractivity contribution in [2.75, 3.05) is 0 Å². The highest BCUT2D eigenvalue weighted by molar-refractivity contribution is 7.21. The van der Waals surface area contributed by atoms with Crippen molar-refractivity contribution in [1.82, 2.24) is 5.43 Å². The van der Waals surface area contributed by atoms with E-state index in [-0.39, 0.29) is 5.91 Å². The first kappa shape index (κ1) is 17.6. The van der Waals surface area contributed by atoms with Crippen LogP contribution < -0.4 is 5.43 Å². The zero-order chi connectivity index (χ0) is 18.1. The van der Waals surface area contributed by atoms with Crippen LogP contribution in [0.5, 0.6) is 0 Å². The minimum Gasteiger partial charge on any atom is -0.266 e. The van der Waals surface area contributed by atoms with Gasteiger partial charge in [0.05, 0.1) is 10.7 Å². The predicted octanol–water partition coefficient (Wildman–Crippen LogP) is 5.63. The van der Waals surface area contributed by atoms with Crippen molar-refractivity contribution in [3.05, 3.63) is 68.6 Å². The molecule has 0 radical (unpaired) electrons. The van der Waals surface area contributed by atoms with Crippen LogP contribution in [0.2, 0.25) is 5.02 Å². The fourth-order valence-corrected chi connectivity index (χ4v) is 4.29. The largest absolute Gasteiger partial charge is 0.283 e. The molecule has 0 aliphatic heterocycles. The lowest BCUT2D eigenvalue weighted by Gasteiger charge is -2.06. The van der Waals surface area contributed by atoms with E-state index in [0.29, 0.717) is 9.90 Å². The molecule has 0 aliphatic rings. The van der Waals surface area contributed by atoms with Gasteiger partial charge in [0.25, 0.3) is 5.91 Å². The van der Waals surface area contributed by atoms with Gasteiger partial charge in [-0.3, -0.25) is 4.79 Å². The van der Waals surface area contributed by atoms with Gasteiger partial charge < -0.3 is 0 Å². The summed E-state index contributed by atoms with van der Waals surface area (Å²) in [6.07, 6.45) is 0. The number of aryl methyl sites for hydroxylation is 3. The average Bonchev–Trinajstić information content (AvgIpc) is 2.88. The van der Waals surface area contributed by atoms with Gasteiger partial charge in [-0.2, -0.15) is 5.10 Å². The summed E-state index contributed by atoms with van der Waals surface area (Å²) in [7, 11) is 0. The molecule has 3 rings (SSSR count). The number of rotatable bonds is 3. The topological polar surface area (TPSA) is 41.5 Å². The fraction of sp³-hybridized carbons (Fsp3) is 0.200. The van der Waals surface area contributed by atoms with Crippen LogP contribution >= 0.6 is 22.9 Å². The Morgan fingerprint density at radius 1 is 1.08 bits per heavy atom. The number of hydrazone groups is 1. The van der Waals surface area contributed by atoms with Crippen molar-refractivity contribution < 1.29 is 4.79 Å². The third-order valence-electron chi connectivity index (χ3n) is 4.09. The summed E-state index contributed by atoms with van der Waals surface area (Å²) in [6.45, 7) is 7.99. The highest BCUT2D eigenvalue weighted by atomic mass is 35.5. The molecule has 1 N–H and O–H groups in total. The van der Waals surface area contributed by atoms with Crippen LogP contribution in [0.15, 0.2) is 41.5 Å². The number of hydrogen-bond acceptors (Lipinski definition) is 3. The molecule has 1 heterocycles. The van der Waals surface area contributed by atoms with Gasteiger partial charge in [0.1, 0.15) is 4.88 Å². The van der Waals surface area contributed by atoms with E-state index in [1.165, 1.54) is 16.9 Å². The van der Waals surface area contributed by atoms with E-state index in [1.54, 1.807) is 0 Å². The minimum absolute atomic E-state index is 0.284. The van der Waals surface area contributed by atoms with Gasteiger partial charge in [0.2, 0.25) is 0 Å². The van der Waals surface area contributed by atoms with E-state index in [9.17, 15) is 4.79 Å². The smallest absolute Gasteiger partial charge is 0.266 e. The zero-order valence-electron chi connectivity index (χ0n) is 14.6. The van der Waals surface area contributed by atoms with Crippen molar-refractivity contribution in [1.29, 1.82) is 0 Å². The summed E-state index contributed by atoms with van der Waals surface area (Å²) in [5, 5.41) is 5.64. The number of nitrogens with one attached hydrogen (secondary N) is 1. The predicted molar refractivity (Wildman–Crippen MR) is 107 cm³/mol. The lowest BCUT2D eigenvalue weighted by Crippen LogP contribution is -2.18. The van der Waals surface area contributed by atoms with Crippen molar-refractivity contribution in [2.24, 2.45) is 5.10 Å². The Morgan fingerprint density at radius 3 is 2.48 bits per heavy atom. The Bertz CT molecular complexity index is 1000. The third kappa shape index (κ3) is 3.60. The summed E-state index contributed by atoms with van der Waals surface area (Å²) in [5.74, 6) is -0.284. The first-order valence-electron chi connectivity index (χ1n) is 7.97. The number of amides is 1. The number of fused-ring (bicyclic) bond motifs is 1. The van der Waals surface area contributed by atoms with Crippen LogP contribution in [0.25, 0.3) is 10.1 Å². The summed E-state index contributed by atoms with van der Waals surface area (Å²) < 4.78 is 1.00. The molecule has 1 aromatic heterocycles. The molecule has 3 nitrogen and oxygen atoms in total. The Morgan fingerprint density at radius 2 is 1.76 bits per heavy atom. The van der Waals surface area contributed by atoms with Crippen molar-refractivity contribution in [3.8, 4) is 0 Å². The summed E-state index contributed by atoms with van der Waals surface area (Å²) in [5.41, 5.74) is 7.88. The quantitative estimate of drug-likeness (QED) is 0.470. The minimum atomic E-state index is -0.284. The van der Waals surface area contributed by atoms with E-state index >= 15 is 0 Å². The molecule has 0 bridgehead atoms. The van der Waals surface area contributed by atoms with Gasteiger partial charge in [0, 0.05) is 15.6 Å². The van der Waals surface area contributed by atoms with E-state index in [1.807, 2.05) is 51.1 Å². The van der Waals surface area contributed by atoms with Crippen LogP contribution in [0.1, 0.15) is 38.8 Å². The van der Waals surface area contributed by atoms with Gasteiger partial charge in [-0.1, -0.05) is 47.5 Å². The monoisotopic (exact) mass is 370 g/mol. The van der Waals surface area contributed by atoms with Crippen LogP contribution in [-0.2, 0) is 0 Å². The second kappa shape index (κ2) is 6.98. The first-order chi connectivity index (χ1) is 11.9. The number of thiophene rings is 1. The van der Waals surface area contributed by atoms with Crippen LogP contribution in [-0.4, -0.2) is 11.6 Å². The number of hydrogen-bond donors (Lipinski definition) is 1. The number of benzene rings is 2. The number of halogens is 1. The molecule has 128 valence electrons. The molecular weight excluding hydrogens is 352 g/mol. The maximum Gasteiger partial charge on any atom is 0.283 e. The standard InChI is InChI=1S/C20H19ClN2OS/c1-11-5-7-15(13(3)9-11)14(4)22-23-20(24)19-18(21)16-8-6-12(2)10-17(16)25-19/h5-10H,1-4H3,(H,23,24). The molecule has 0 unspecified atom stereocenters. The maximum atomic E-state index is 12.5. The summed E-state index contributed by atoms with van der Waals surface area (Å²) in [4.78, 5) is 13.0. The number of carbonyl (C=O) groups excluding carboxylic acids is 1. The normalized spacial score (nSPS) is 11.8. The van der Waals surface area contributed by atoms with E-state index < -0.39 is 0 Å². The van der Waals surface area contributed by atoms with Gasteiger partial charge in [0.15, 0.2) is 0 Å². The molecule has 25 heavy (non-hydrogen) atoms. The van der Waals surface area contributed by atoms with Crippen molar-refractivity contribution >= 4 is 44.6 Å². The molecule has 2 aromatic carbocycles. The average molecular weight is 371 g/mol. The molecule has 1 amide bonds. The Balaban J connectivity index is 1.86. The molecule has 0 saturated carbocycles. The lowest BCUT2D eigenvalue weighted by molar-refractivity contribution is 0.0959. The Kier molecular flexibility index (Phi) is 4.93. The Hall–Kier alpha value is -2.17. The molecule has 5 heteroatoms. The van der Waals surface area contributed by atoms with E-state index in [4.69, 9.17) is 11.6 Å². The maximum absolute atomic E-state index is 12.5. The SMILES string of the molecule is CC(=NNC(=O)c1sc2cc(C)ccc2c1Cl)c1ccc(C)cc1C. The van der Waals surface area contributed by atoms with Gasteiger partial charge in [-0.15, -0.1) is 11.3 Å². The van der Waals surface area contributed by atoms with Crippen molar-refractivity contribution in [2.45, 2.75) is 27.7 Å². The molecule has 0 spiro atoms. The van der Waals surface area contributed by atoms with Crippen molar-refractivity contribution in [3.63, 3.8) is 0 Å². The third-order valence-corrected chi connectivity index (χ3v) is 5.74. The molecule has 0 fully saturated rings. The molecule has 3 aromatic rings. The highest BCUT2D eigenvalue weighted by Gasteiger charge is 2.17. The molecule has 0 saturated heterocycles. The van der Waals surface area contributed by atoms with E-state index in [0.717, 1.165) is 32.5 Å². The second-order valence-corrected chi connectivity index (χ2v) is 7.63. The second-order valence-electron chi connectivity index (χ2n) is 6.20. The lowest BCUT2D eigenvalue weighted by atomic mass is 10.0. The Labute approximate surface area is 156 Å². The van der Waals surface area contributed by atoms with Gasteiger partial charge >= 0.3 is 0 Å². The fourth-order valence-electron chi connectivity index (χ4n) is 2.78. The highest BCUT2D eigenvalue weighted by Crippen LogP contribution is 2.35. The molecular formula is C20H19ClN2OS. The van der Waals surface area contributed by atoms with E-state index in [2.05, 4.69) is 23.5 Å². The van der Waals surface area contributed by atoms with Gasteiger partial charge in [-0.05, 0) is 44.9 Å². The van der Waals surface area contributed by atoms with Gasteiger partial charge in [-0.25, -0.2) is 5.43 Å². The summed E-state index contributed by atoms with van der Waals surface area (Å²) in [6, 6.07) is 12.1. The van der Waals surface area contributed by atoms with Crippen LogP contribution in [0, 0.1) is 20.8 Å². The molecule has 0 atom stereocenters. The number of carbonyl (C=O) groups is 1. The number of nitrogens with zero attached hydrogens (tertiary/aromatic N) is 1. The zero-order valence-corrected chi connectivity index (χ0v) is 16.2. The van der Waals surface area contributed by atoms with Crippen LogP contribution in [0.4, 0.5) is 0 Å². The first-order valence-corrected chi connectivity index (χ1v) is 9.17. The molecule has 0 aliphatic carbocycles. The van der Waals surface area contributed by atoms with Crippen LogP contribution in [0.3, 0.4) is 0 Å².